The Hall–Kier alpha value is -0.970. The summed E-state index contributed by atoms with van der Waals surface area (Å²) in [4.78, 5) is 7.15. The lowest BCUT2D eigenvalue weighted by Gasteiger charge is -2.38. The molecule has 3 rings (SSSR count). The first kappa shape index (κ1) is 13.0. The van der Waals surface area contributed by atoms with Crippen molar-refractivity contribution in [3.05, 3.63) is 29.1 Å². The summed E-state index contributed by atoms with van der Waals surface area (Å²) in [5.74, 6) is 0.530. The smallest absolute Gasteiger partial charge is 0.0825 e. The highest BCUT2D eigenvalue weighted by Crippen LogP contribution is 2.29. The Bertz CT molecular complexity index is 438. The van der Waals surface area contributed by atoms with E-state index in [-0.39, 0.29) is 0 Å². The molecule has 2 saturated heterocycles. The van der Waals surface area contributed by atoms with Crippen molar-refractivity contribution in [3.8, 4) is 0 Å². The minimum Gasteiger partial charge on any atom is -0.381 e. The molecule has 0 aliphatic carbocycles. The molecule has 2 aliphatic rings. The zero-order chi connectivity index (χ0) is 13.2. The van der Waals surface area contributed by atoms with Gasteiger partial charge in [-0.1, -0.05) is 6.07 Å². The first-order valence-corrected chi connectivity index (χ1v) is 7.05. The second-order valence-corrected chi connectivity index (χ2v) is 5.60. The van der Waals surface area contributed by atoms with Gasteiger partial charge in [0, 0.05) is 45.0 Å². The van der Waals surface area contributed by atoms with Crippen molar-refractivity contribution >= 4 is 0 Å². The van der Waals surface area contributed by atoms with Gasteiger partial charge < -0.3 is 9.47 Å². The summed E-state index contributed by atoms with van der Waals surface area (Å²) >= 11 is 0. The second kappa shape index (κ2) is 5.57. The molecule has 2 fully saturated rings. The third-order valence-electron chi connectivity index (χ3n) is 4.15. The Labute approximate surface area is 114 Å². The van der Waals surface area contributed by atoms with Gasteiger partial charge >= 0.3 is 0 Å². The number of rotatable bonds is 4. The fourth-order valence-corrected chi connectivity index (χ4v) is 2.91. The number of methoxy groups -OCH3 is 1. The Morgan fingerprint density at radius 3 is 2.95 bits per heavy atom. The van der Waals surface area contributed by atoms with E-state index in [4.69, 9.17) is 14.5 Å². The standard InChI is InChI=1S/C15H22N2O2/c1-11-3-4-14(12-5-6-19-10-12)15(16-11)9-17-7-13(8-17)18-2/h3-4,12-13H,5-10H2,1-2H3/t12-/m1/s1. The molecule has 2 aliphatic heterocycles. The molecule has 0 radical (unpaired) electrons. The molecule has 0 spiro atoms. The van der Waals surface area contributed by atoms with E-state index in [0.29, 0.717) is 12.0 Å². The Morgan fingerprint density at radius 2 is 2.26 bits per heavy atom. The van der Waals surface area contributed by atoms with Gasteiger partial charge in [-0.2, -0.15) is 0 Å². The number of likely N-dealkylation sites (tertiary alicyclic amines) is 1. The van der Waals surface area contributed by atoms with E-state index in [1.54, 1.807) is 7.11 Å². The van der Waals surface area contributed by atoms with Crippen LogP contribution in [0.1, 0.15) is 29.3 Å². The van der Waals surface area contributed by atoms with Crippen LogP contribution in [0.25, 0.3) is 0 Å². The Morgan fingerprint density at radius 1 is 1.42 bits per heavy atom. The molecule has 0 N–H and O–H groups in total. The van der Waals surface area contributed by atoms with Crippen LogP contribution in [0.5, 0.6) is 0 Å². The predicted octanol–water partition coefficient (Wildman–Crippen LogP) is 1.72. The summed E-state index contributed by atoms with van der Waals surface area (Å²) < 4.78 is 10.8. The summed E-state index contributed by atoms with van der Waals surface area (Å²) in [5, 5.41) is 0. The van der Waals surface area contributed by atoms with E-state index >= 15 is 0 Å². The van der Waals surface area contributed by atoms with Crippen molar-refractivity contribution in [2.45, 2.75) is 31.9 Å². The van der Waals surface area contributed by atoms with Crippen molar-refractivity contribution in [2.24, 2.45) is 0 Å². The Kier molecular flexibility index (Phi) is 3.82. The van der Waals surface area contributed by atoms with E-state index in [1.807, 2.05) is 0 Å². The van der Waals surface area contributed by atoms with E-state index < -0.39 is 0 Å². The number of pyridine rings is 1. The maximum absolute atomic E-state index is 5.52. The molecular weight excluding hydrogens is 240 g/mol. The topological polar surface area (TPSA) is 34.6 Å². The number of ether oxygens (including phenoxy) is 2. The van der Waals surface area contributed by atoms with Crippen LogP contribution >= 0.6 is 0 Å². The normalized spacial score (nSPS) is 24.6. The number of aromatic nitrogens is 1. The number of hydrogen-bond acceptors (Lipinski definition) is 4. The first-order chi connectivity index (χ1) is 9.26. The van der Waals surface area contributed by atoms with Gasteiger partial charge in [0.15, 0.2) is 0 Å². The lowest BCUT2D eigenvalue weighted by molar-refractivity contribution is -0.0340. The van der Waals surface area contributed by atoms with E-state index in [2.05, 4.69) is 24.0 Å². The zero-order valence-electron chi connectivity index (χ0n) is 11.8. The fourth-order valence-electron chi connectivity index (χ4n) is 2.91. The van der Waals surface area contributed by atoms with Crippen LogP contribution in [0.15, 0.2) is 12.1 Å². The summed E-state index contributed by atoms with van der Waals surface area (Å²) in [7, 11) is 1.79. The quantitative estimate of drug-likeness (QED) is 0.827. The lowest BCUT2D eigenvalue weighted by Crippen LogP contribution is -2.51. The van der Waals surface area contributed by atoms with E-state index in [9.17, 15) is 0 Å². The highest BCUT2D eigenvalue weighted by molar-refractivity contribution is 5.27. The first-order valence-electron chi connectivity index (χ1n) is 7.05. The molecule has 0 unspecified atom stereocenters. The van der Waals surface area contributed by atoms with Crippen LogP contribution in [0.3, 0.4) is 0 Å². The summed E-state index contributed by atoms with van der Waals surface area (Å²) in [6.07, 6.45) is 1.53. The number of nitrogens with zero attached hydrogens (tertiary/aromatic N) is 2. The van der Waals surface area contributed by atoms with Gasteiger partial charge in [0.05, 0.1) is 18.4 Å². The largest absolute Gasteiger partial charge is 0.381 e. The van der Waals surface area contributed by atoms with Crippen LogP contribution in [0, 0.1) is 6.92 Å². The third kappa shape index (κ3) is 2.81. The molecular formula is C15H22N2O2. The molecule has 0 amide bonds. The fraction of sp³-hybridized carbons (Fsp3) is 0.667. The van der Waals surface area contributed by atoms with Gasteiger partial charge in [0.2, 0.25) is 0 Å². The highest BCUT2D eigenvalue weighted by Gasteiger charge is 2.28. The maximum atomic E-state index is 5.52. The van der Waals surface area contributed by atoms with Crippen molar-refractivity contribution in [1.29, 1.82) is 0 Å². The number of aryl methyl sites for hydroxylation is 1. The van der Waals surface area contributed by atoms with Crippen molar-refractivity contribution in [3.63, 3.8) is 0 Å². The summed E-state index contributed by atoms with van der Waals surface area (Å²) in [6.45, 7) is 6.77. The summed E-state index contributed by atoms with van der Waals surface area (Å²) in [6, 6.07) is 4.36. The predicted molar refractivity (Wildman–Crippen MR) is 73.2 cm³/mol. The van der Waals surface area contributed by atoms with E-state index in [1.165, 1.54) is 11.3 Å². The molecule has 0 bridgehead atoms. The molecule has 0 aromatic carbocycles. The van der Waals surface area contributed by atoms with Crippen molar-refractivity contribution < 1.29 is 9.47 Å². The molecule has 104 valence electrons. The van der Waals surface area contributed by atoms with Gasteiger partial charge in [-0.25, -0.2) is 0 Å². The monoisotopic (exact) mass is 262 g/mol. The van der Waals surface area contributed by atoms with Gasteiger partial charge in [-0.3, -0.25) is 9.88 Å². The second-order valence-electron chi connectivity index (χ2n) is 5.60. The average Bonchev–Trinajstić information content (AvgIpc) is 2.87. The highest BCUT2D eigenvalue weighted by atomic mass is 16.5. The van der Waals surface area contributed by atoms with Crippen molar-refractivity contribution in [1.82, 2.24) is 9.88 Å². The minimum absolute atomic E-state index is 0.406. The van der Waals surface area contributed by atoms with Gasteiger partial charge in [-0.15, -0.1) is 0 Å². The van der Waals surface area contributed by atoms with Crippen LogP contribution in [0.4, 0.5) is 0 Å². The van der Waals surface area contributed by atoms with E-state index in [0.717, 1.165) is 45.0 Å². The maximum Gasteiger partial charge on any atom is 0.0825 e. The molecule has 1 aromatic rings. The number of hydrogen-bond donors (Lipinski definition) is 0. The summed E-state index contributed by atoms with van der Waals surface area (Å²) in [5.41, 5.74) is 3.70. The van der Waals surface area contributed by atoms with Crippen LogP contribution in [-0.2, 0) is 16.0 Å². The average molecular weight is 262 g/mol. The van der Waals surface area contributed by atoms with Crippen LogP contribution < -0.4 is 0 Å². The lowest BCUT2D eigenvalue weighted by atomic mass is 9.95. The molecule has 1 atom stereocenters. The molecule has 4 nitrogen and oxygen atoms in total. The minimum atomic E-state index is 0.406. The molecule has 4 heteroatoms. The van der Waals surface area contributed by atoms with Crippen LogP contribution in [0.2, 0.25) is 0 Å². The molecule has 19 heavy (non-hydrogen) atoms. The van der Waals surface area contributed by atoms with Crippen LogP contribution in [-0.4, -0.2) is 49.4 Å². The molecule has 1 aromatic heterocycles. The van der Waals surface area contributed by atoms with Gasteiger partial charge in [0.1, 0.15) is 0 Å². The van der Waals surface area contributed by atoms with Gasteiger partial charge in [-0.05, 0) is 25.0 Å². The zero-order valence-corrected chi connectivity index (χ0v) is 11.8. The van der Waals surface area contributed by atoms with Crippen molar-refractivity contribution in [2.75, 3.05) is 33.4 Å². The third-order valence-corrected chi connectivity index (χ3v) is 4.15. The van der Waals surface area contributed by atoms with Gasteiger partial charge in [0.25, 0.3) is 0 Å². The SMILES string of the molecule is COC1CN(Cc2nc(C)ccc2[C@@H]2CCOC2)C1. The molecule has 3 heterocycles. The molecule has 0 saturated carbocycles. The Balaban J connectivity index is 1.73.